The molecule has 2 aromatic carbocycles. The number of fused-ring (bicyclic) bond motifs is 2. The smallest absolute Gasteiger partial charge is 0.234 e. The summed E-state index contributed by atoms with van der Waals surface area (Å²) in [6.07, 6.45) is 3.94. The molecule has 0 aliphatic heterocycles. The largest absolute Gasteiger partial charge is 0.326 e. The molecule has 2 amide bonds. The lowest BCUT2D eigenvalue weighted by molar-refractivity contribution is -0.116. The van der Waals surface area contributed by atoms with Crippen molar-refractivity contribution in [2.75, 3.05) is 16.4 Å². The number of carbonyl (C=O) groups is 2. The van der Waals surface area contributed by atoms with Gasteiger partial charge < -0.3 is 10.6 Å². The van der Waals surface area contributed by atoms with Crippen molar-refractivity contribution in [3.63, 3.8) is 0 Å². The number of hydrogen-bond acceptors (Lipinski definition) is 4. The van der Waals surface area contributed by atoms with Gasteiger partial charge in [-0.1, -0.05) is 18.7 Å². The van der Waals surface area contributed by atoms with E-state index in [1.54, 1.807) is 6.07 Å². The summed E-state index contributed by atoms with van der Waals surface area (Å²) >= 11 is 1.46. The van der Waals surface area contributed by atoms with Crippen LogP contribution in [0.1, 0.15) is 42.0 Å². The molecule has 0 fully saturated rings. The molecule has 0 radical (unpaired) electrons. The first-order valence-electron chi connectivity index (χ1n) is 10.7. The predicted molar refractivity (Wildman–Crippen MR) is 128 cm³/mol. The van der Waals surface area contributed by atoms with Crippen molar-refractivity contribution in [1.29, 1.82) is 0 Å². The Bertz CT molecular complexity index is 1170. The monoisotopic (exact) mass is 433 g/mol. The topological polar surface area (TPSA) is 71.1 Å². The molecule has 0 atom stereocenters. The molecule has 0 saturated heterocycles. The summed E-state index contributed by atoms with van der Waals surface area (Å²) in [5, 5.41) is 7.87. The summed E-state index contributed by atoms with van der Waals surface area (Å²) in [5.41, 5.74) is 7.35. The van der Waals surface area contributed by atoms with Gasteiger partial charge in [-0.3, -0.25) is 9.59 Å². The van der Waals surface area contributed by atoms with Crippen LogP contribution in [0.5, 0.6) is 0 Å². The van der Waals surface area contributed by atoms with E-state index in [1.165, 1.54) is 34.7 Å². The van der Waals surface area contributed by atoms with Crippen molar-refractivity contribution < 1.29 is 9.59 Å². The van der Waals surface area contributed by atoms with Crippen LogP contribution in [0.3, 0.4) is 0 Å². The van der Waals surface area contributed by atoms with Crippen molar-refractivity contribution in [3.05, 3.63) is 58.7 Å². The van der Waals surface area contributed by atoms with Crippen LogP contribution in [-0.2, 0) is 22.4 Å². The molecule has 6 heteroatoms. The second-order valence-electron chi connectivity index (χ2n) is 8.05. The van der Waals surface area contributed by atoms with E-state index in [0.29, 0.717) is 6.42 Å². The lowest BCUT2D eigenvalue weighted by Gasteiger charge is -2.11. The van der Waals surface area contributed by atoms with Crippen LogP contribution in [-0.4, -0.2) is 22.6 Å². The minimum absolute atomic E-state index is 0.0282. The van der Waals surface area contributed by atoms with Crippen LogP contribution in [0.4, 0.5) is 11.4 Å². The average molecular weight is 434 g/mol. The molecule has 31 heavy (non-hydrogen) atoms. The Kier molecular flexibility index (Phi) is 6.28. The highest BCUT2D eigenvalue weighted by atomic mass is 32.2. The third-order valence-corrected chi connectivity index (χ3v) is 6.71. The number of nitrogens with one attached hydrogen (secondary N) is 2. The standard InChI is InChI=1S/C25H27N3O2S/c1-4-23(29)27-21-9-8-20(11-15(21)2)26-24(30)14-31-25-16(3)10-19-12-17-6-5-7-18(17)13-22(19)28-25/h8-13H,4-7,14H2,1-3H3,(H,26,30)(H,27,29). The first-order valence-corrected chi connectivity index (χ1v) is 11.7. The van der Waals surface area contributed by atoms with E-state index in [0.717, 1.165) is 45.9 Å². The maximum Gasteiger partial charge on any atom is 0.234 e. The van der Waals surface area contributed by atoms with Crippen molar-refractivity contribution in [3.8, 4) is 0 Å². The number of thioether (sulfide) groups is 1. The molecule has 160 valence electrons. The predicted octanol–water partition coefficient (Wildman–Crippen LogP) is 5.42. The van der Waals surface area contributed by atoms with Gasteiger partial charge in [0.05, 0.1) is 11.3 Å². The molecule has 0 saturated carbocycles. The van der Waals surface area contributed by atoms with Crippen LogP contribution in [0, 0.1) is 13.8 Å². The van der Waals surface area contributed by atoms with Crippen molar-refractivity contribution in [2.45, 2.75) is 51.5 Å². The Balaban J connectivity index is 1.41. The number of pyridine rings is 1. The first kappa shape index (κ1) is 21.4. The molecule has 1 aliphatic rings. The number of aryl methyl sites for hydroxylation is 4. The van der Waals surface area contributed by atoms with Gasteiger partial charge in [-0.25, -0.2) is 4.98 Å². The molecule has 0 spiro atoms. The fourth-order valence-corrected chi connectivity index (χ4v) is 4.72. The van der Waals surface area contributed by atoms with Gasteiger partial charge in [0.15, 0.2) is 0 Å². The lowest BCUT2D eigenvalue weighted by atomic mass is 10.1. The van der Waals surface area contributed by atoms with Crippen LogP contribution >= 0.6 is 11.8 Å². The van der Waals surface area contributed by atoms with Gasteiger partial charge in [0.1, 0.15) is 5.03 Å². The van der Waals surface area contributed by atoms with Crippen LogP contribution < -0.4 is 10.6 Å². The summed E-state index contributed by atoms with van der Waals surface area (Å²) in [7, 11) is 0. The number of benzene rings is 2. The fourth-order valence-electron chi connectivity index (χ4n) is 3.93. The van der Waals surface area contributed by atoms with Crippen molar-refractivity contribution >= 4 is 45.9 Å². The Labute approximate surface area is 187 Å². The van der Waals surface area contributed by atoms with E-state index < -0.39 is 0 Å². The van der Waals surface area contributed by atoms with Crippen molar-refractivity contribution in [2.24, 2.45) is 0 Å². The fraction of sp³-hybridized carbons (Fsp3) is 0.320. The summed E-state index contributed by atoms with van der Waals surface area (Å²) in [6.45, 7) is 5.77. The van der Waals surface area contributed by atoms with Crippen LogP contribution in [0.2, 0.25) is 0 Å². The molecule has 0 unspecified atom stereocenters. The van der Waals surface area contributed by atoms with E-state index in [1.807, 2.05) is 32.9 Å². The quantitative estimate of drug-likeness (QED) is 0.509. The molecule has 3 aromatic rings. The van der Waals surface area contributed by atoms with Gasteiger partial charge in [0.2, 0.25) is 11.8 Å². The number of carbonyl (C=O) groups excluding carboxylic acids is 2. The van der Waals surface area contributed by atoms with Gasteiger partial charge >= 0.3 is 0 Å². The third kappa shape index (κ3) is 4.90. The second-order valence-corrected chi connectivity index (χ2v) is 9.01. The zero-order chi connectivity index (χ0) is 22.0. The molecule has 4 rings (SSSR count). The highest BCUT2D eigenvalue weighted by Gasteiger charge is 2.14. The Morgan fingerprint density at radius 1 is 0.968 bits per heavy atom. The molecule has 5 nitrogen and oxygen atoms in total. The van der Waals surface area contributed by atoms with E-state index in [4.69, 9.17) is 4.98 Å². The number of aromatic nitrogens is 1. The lowest BCUT2D eigenvalue weighted by Crippen LogP contribution is -2.15. The normalized spacial score (nSPS) is 12.6. The maximum absolute atomic E-state index is 12.5. The third-order valence-electron chi connectivity index (χ3n) is 5.62. The number of anilines is 2. The highest BCUT2D eigenvalue weighted by Crippen LogP contribution is 2.30. The number of amides is 2. The summed E-state index contributed by atoms with van der Waals surface area (Å²) in [6, 6.07) is 12.2. The van der Waals surface area contributed by atoms with Crippen LogP contribution in [0.15, 0.2) is 41.4 Å². The Morgan fingerprint density at radius 3 is 2.48 bits per heavy atom. The molecule has 2 N–H and O–H groups in total. The number of hydrogen-bond donors (Lipinski definition) is 2. The van der Waals surface area contributed by atoms with Gasteiger partial charge in [0, 0.05) is 23.2 Å². The second kappa shape index (κ2) is 9.10. The minimum Gasteiger partial charge on any atom is -0.326 e. The van der Waals surface area contributed by atoms with Gasteiger partial charge in [-0.15, -0.1) is 0 Å². The van der Waals surface area contributed by atoms with E-state index in [2.05, 4.69) is 28.8 Å². The zero-order valence-electron chi connectivity index (χ0n) is 18.2. The number of rotatable bonds is 6. The van der Waals surface area contributed by atoms with E-state index >= 15 is 0 Å². The van der Waals surface area contributed by atoms with E-state index in [-0.39, 0.29) is 17.6 Å². The summed E-state index contributed by atoms with van der Waals surface area (Å²) < 4.78 is 0. The Hall–Kier alpha value is -2.86. The molecular formula is C25H27N3O2S. The summed E-state index contributed by atoms with van der Waals surface area (Å²) in [5.74, 6) is 0.182. The highest BCUT2D eigenvalue weighted by molar-refractivity contribution is 8.00. The van der Waals surface area contributed by atoms with Crippen molar-refractivity contribution in [1.82, 2.24) is 4.98 Å². The number of nitrogens with zero attached hydrogens (tertiary/aromatic N) is 1. The average Bonchev–Trinajstić information content (AvgIpc) is 3.19. The zero-order valence-corrected chi connectivity index (χ0v) is 19.0. The summed E-state index contributed by atoms with van der Waals surface area (Å²) in [4.78, 5) is 28.9. The Morgan fingerprint density at radius 2 is 1.74 bits per heavy atom. The maximum atomic E-state index is 12.5. The van der Waals surface area contributed by atoms with Gasteiger partial charge in [-0.05, 0) is 91.8 Å². The van der Waals surface area contributed by atoms with Gasteiger partial charge in [-0.2, -0.15) is 0 Å². The van der Waals surface area contributed by atoms with E-state index in [9.17, 15) is 9.59 Å². The molecule has 0 bridgehead atoms. The molecular weight excluding hydrogens is 406 g/mol. The SMILES string of the molecule is CCC(=O)Nc1ccc(NC(=O)CSc2nc3cc4c(cc3cc2C)CCC4)cc1C. The first-order chi connectivity index (χ1) is 14.9. The molecule has 1 aromatic heterocycles. The minimum atomic E-state index is -0.0787. The van der Waals surface area contributed by atoms with Crippen LogP contribution in [0.25, 0.3) is 10.9 Å². The van der Waals surface area contributed by atoms with Gasteiger partial charge in [0.25, 0.3) is 0 Å². The molecule has 1 heterocycles. The molecule has 1 aliphatic carbocycles.